The molecule has 3 aromatic rings. The lowest BCUT2D eigenvalue weighted by molar-refractivity contribution is 0.576. The topological polar surface area (TPSA) is 108 Å². The molecule has 32 heavy (non-hydrogen) atoms. The molecule has 0 unspecified atom stereocenters. The van der Waals surface area contributed by atoms with Gasteiger partial charge in [-0.3, -0.25) is 9.97 Å². The Morgan fingerprint density at radius 2 is 1.25 bits per heavy atom. The van der Waals surface area contributed by atoms with Crippen molar-refractivity contribution in [3.05, 3.63) is 80.1 Å². The summed E-state index contributed by atoms with van der Waals surface area (Å²) in [6.07, 6.45) is 2.13. The van der Waals surface area contributed by atoms with E-state index in [0.717, 1.165) is 12.4 Å². The minimum Gasteiger partial charge on any atom is -0.254 e. The highest BCUT2D eigenvalue weighted by Crippen LogP contribution is 2.37. The van der Waals surface area contributed by atoms with Crippen molar-refractivity contribution < 1.29 is 8.78 Å². The van der Waals surface area contributed by atoms with Crippen LogP contribution in [0.5, 0.6) is 0 Å². The summed E-state index contributed by atoms with van der Waals surface area (Å²) >= 11 is 0. The molecule has 0 bridgehead atoms. The molecule has 0 amide bonds. The van der Waals surface area contributed by atoms with Crippen LogP contribution in [0.1, 0.15) is 22.5 Å². The maximum Gasteiger partial charge on any atom is 0.270 e. The molecule has 0 atom stereocenters. The Hall–Kier alpha value is -5.06. The average molecular weight is 420 g/mol. The molecule has 0 spiro atoms. The summed E-state index contributed by atoms with van der Waals surface area (Å²) in [7, 11) is 0. The van der Waals surface area contributed by atoms with Crippen LogP contribution in [-0.2, 0) is 12.8 Å². The van der Waals surface area contributed by atoms with E-state index in [-0.39, 0.29) is 57.2 Å². The van der Waals surface area contributed by atoms with Gasteiger partial charge in [-0.1, -0.05) is 0 Å². The fourth-order valence-electron chi connectivity index (χ4n) is 4.31. The molecule has 0 aliphatic heterocycles. The van der Waals surface area contributed by atoms with E-state index in [9.17, 15) is 19.3 Å². The van der Waals surface area contributed by atoms with E-state index in [1.807, 2.05) is 12.1 Å². The number of benzene rings is 1. The number of rotatable bonds is 0. The molecule has 148 valence electrons. The Morgan fingerprint density at radius 1 is 0.812 bits per heavy atom. The van der Waals surface area contributed by atoms with E-state index in [4.69, 9.17) is 13.1 Å². The predicted octanol–water partition coefficient (Wildman–Crippen LogP) is 1.79. The smallest absolute Gasteiger partial charge is 0.254 e. The van der Waals surface area contributed by atoms with Crippen LogP contribution in [0.4, 0.5) is 8.78 Å². The molecule has 0 fully saturated rings. The summed E-state index contributed by atoms with van der Waals surface area (Å²) in [6.45, 7) is 15.0. The van der Waals surface area contributed by atoms with Crippen molar-refractivity contribution in [2.45, 2.75) is 12.8 Å². The number of hydrogen-bond acceptors (Lipinski definition) is 6. The summed E-state index contributed by atoms with van der Waals surface area (Å²) in [5.74, 6) is -1.74. The molecule has 0 N–H and O–H groups in total. The normalized spacial score (nSPS) is 11.7. The van der Waals surface area contributed by atoms with Crippen molar-refractivity contribution in [1.82, 2.24) is 19.9 Å². The molecule has 5 rings (SSSR count). The Balaban J connectivity index is 2.16. The van der Waals surface area contributed by atoms with Crippen LogP contribution in [0.2, 0.25) is 0 Å². The first-order chi connectivity index (χ1) is 15.5. The maximum atomic E-state index is 14.0. The molecule has 2 aromatic heterocycles. The molecule has 0 radical (unpaired) electrons. The van der Waals surface area contributed by atoms with Gasteiger partial charge < -0.3 is 0 Å². The summed E-state index contributed by atoms with van der Waals surface area (Å²) in [5.41, 5.74) is 1.74. The number of fused-ring (bicyclic) bond motifs is 6. The number of nitrogens with zero attached hydrogens (tertiary/aromatic N) is 8. The molecule has 1 aromatic carbocycles. The van der Waals surface area contributed by atoms with Gasteiger partial charge in [0.1, 0.15) is 0 Å². The summed E-state index contributed by atoms with van der Waals surface area (Å²) in [4.78, 5) is 22.7. The monoisotopic (exact) mass is 420 g/mol. The molecule has 10 heteroatoms. The van der Waals surface area contributed by atoms with Gasteiger partial charge in [0.15, 0.2) is 0 Å². The van der Waals surface area contributed by atoms with Gasteiger partial charge >= 0.3 is 0 Å². The van der Waals surface area contributed by atoms with Gasteiger partial charge in [0.25, 0.3) is 11.4 Å². The standard InChI is InChI=1S/C22H6F2N8/c1-27-13(5-25)17-9-3-11-21(31-15(23)7-29-11)18(9)20(14(6-26)28-2)19-10(17)4-12-22(19)32-16(24)8-30-12/h7-8H,3-4H2. The van der Waals surface area contributed by atoms with Gasteiger partial charge in [0.2, 0.25) is 11.9 Å². The fraction of sp³-hybridized carbons (Fsp3) is 0.0909. The Bertz CT molecular complexity index is 1580. The first kappa shape index (κ1) is 18.9. The van der Waals surface area contributed by atoms with Crippen molar-refractivity contribution in [1.29, 1.82) is 10.5 Å². The van der Waals surface area contributed by atoms with Gasteiger partial charge in [0.05, 0.1) is 60.5 Å². The van der Waals surface area contributed by atoms with Crippen LogP contribution in [0.15, 0.2) is 12.4 Å². The lowest BCUT2D eigenvalue weighted by atomic mass is 9.92. The minimum absolute atomic E-state index is 0.107. The van der Waals surface area contributed by atoms with Crippen molar-refractivity contribution in [2.24, 2.45) is 0 Å². The molecule has 8 nitrogen and oxygen atoms in total. The third kappa shape index (κ3) is 2.41. The molecule has 2 aliphatic carbocycles. The molecule has 0 saturated heterocycles. The summed E-state index contributed by atoms with van der Waals surface area (Å²) < 4.78 is 28.1. The largest absolute Gasteiger partial charge is 0.270 e. The fourth-order valence-corrected chi connectivity index (χ4v) is 4.31. The first-order valence-electron chi connectivity index (χ1n) is 9.07. The zero-order valence-electron chi connectivity index (χ0n) is 15.9. The van der Waals surface area contributed by atoms with Crippen LogP contribution in [0.3, 0.4) is 0 Å². The summed E-state index contributed by atoms with van der Waals surface area (Å²) in [6, 6.07) is 3.72. The quantitative estimate of drug-likeness (QED) is 0.354. The number of nitriles is 2. The Morgan fingerprint density at radius 3 is 1.66 bits per heavy atom. The lowest BCUT2D eigenvalue weighted by Gasteiger charge is -2.12. The maximum absolute atomic E-state index is 14.0. The average Bonchev–Trinajstić information content (AvgIpc) is 3.34. The molecule has 0 saturated carbocycles. The van der Waals surface area contributed by atoms with E-state index in [0.29, 0.717) is 22.5 Å². The van der Waals surface area contributed by atoms with E-state index in [1.54, 1.807) is 0 Å². The van der Waals surface area contributed by atoms with Crippen molar-refractivity contribution in [3.63, 3.8) is 0 Å². The van der Waals surface area contributed by atoms with Crippen molar-refractivity contribution >= 4 is 11.4 Å². The SMILES string of the molecule is [C-]#[N+]C(C#N)=c1c2c(c(=C(C#N)[N+]#[C-])c3c1Cc1ncc(F)nc1-3)-c1nc(F)cnc1C2. The van der Waals surface area contributed by atoms with E-state index in [1.165, 1.54) is 0 Å². The third-order valence-electron chi connectivity index (χ3n) is 5.42. The van der Waals surface area contributed by atoms with E-state index in [2.05, 4.69) is 29.6 Å². The molecular formula is C22H6F2N8. The molecular weight excluding hydrogens is 414 g/mol. The lowest BCUT2D eigenvalue weighted by Crippen LogP contribution is -2.26. The number of hydrogen-bond donors (Lipinski definition) is 0. The zero-order valence-corrected chi connectivity index (χ0v) is 15.9. The van der Waals surface area contributed by atoms with E-state index >= 15 is 0 Å². The second-order valence-corrected chi connectivity index (χ2v) is 6.93. The van der Waals surface area contributed by atoms with Crippen molar-refractivity contribution in [2.75, 3.05) is 0 Å². The Kier molecular flexibility index (Phi) is 3.99. The van der Waals surface area contributed by atoms with Gasteiger partial charge in [0, 0.05) is 34.4 Å². The second-order valence-electron chi connectivity index (χ2n) is 6.93. The summed E-state index contributed by atoms with van der Waals surface area (Å²) in [5, 5.41) is 19.7. The third-order valence-corrected chi connectivity index (χ3v) is 5.42. The van der Waals surface area contributed by atoms with E-state index < -0.39 is 11.9 Å². The Labute approximate surface area is 178 Å². The first-order valence-corrected chi connectivity index (χ1v) is 9.07. The van der Waals surface area contributed by atoms with Crippen LogP contribution in [-0.4, -0.2) is 19.9 Å². The molecule has 2 heterocycles. The number of aromatic nitrogens is 4. The van der Waals surface area contributed by atoms with Gasteiger partial charge in [-0.15, -0.1) is 0 Å². The molecule has 2 aliphatic rings. The van der Waals surface area contributed by atoms with Crippen molar-refractivity contribution in [3.8, 4) is 34.7 Å². The van der Waals surface area contributed by atoms with Gasteiger partial charge in [-0.05, 0) is 11.1 Å². The predicted molar refractivity (Wildman–Crippen MR) is 105 cm³/mol. The van der Waals surface area contributed by atoms with Crippen LogP contribution in [0.25, 0.3) is 43.6 Å². The second kappa shape index (κ2) is 6.74. The van der Waals surface area contributed by atoms with Crippen LogP contribution < -0.4 is 10.4 Å². The van der Waals surface area contributed by atoms with Crippen LogP contribution in [0, 0.1) is 47.7 Å². The van der Waals surface area contributed by atoms with Crippen LogP contribution >= 0.6 is 0 Å². The highest BCUT2D eigenvalue weighted by molar-refractivity contribution is 5.90. The van der Waals surface area contributed by atoms with Gasteiger partial charge in [-0.2, -0.15) is 8.78 Å². The number of halogens is 2. The minimum atomic E-state index is -0.869. The highest BCUT2D eigenvalue weighted by Gasteiger charge is 2.34. The zero-order chi connectivity index (χ0) is 22.6. The van der Waals surface area contributed by atoms with Gasteiger partial charge in [-0.25, -0.2) is 30.2 Å². The highest BCUT2D eigenvalue weighted by atomic mass is 19.1.